The molecule has 7 heteroatoms. The summed E-state index contributed by atoms with van der Waals surface area (Å²) in [7, 11) is 0. The van der Waals surface area contributed by atoms with Crippen LogP contribution in [0.4, 0.5) is 0 Å². The lowest BCUT2D eigenvalue weighted by Gasteiger charge is -2.07. The summed E-state index contributed by atoms with van der Waals surface area (Å²) < 4.78 is 9.42. The fraction of sp³-hybridized carbons (Fsp3) is 0. The lowest BCUT2D eigenvalue weighted by Crippen LogP contribution is -2.00. The Morgan fingerprint density at radius 2 is 2.07 bits per heavy atom. The van der Waals surface area contributed by atoms with Crippen molar-refractivity contribution in [1.29, 1.82) is 0 Å². The second kappa shape index (κ2) is 5.26. The van der Waals surface area contributed by atoms with Crippen molar-refractivity contribution < 1.29 is 16.0 Å². The van der Waals surface area contributed by atoms with Crippen molar-refractivity contribution in [3.05, 3.63) is 17.7 Å². The molecule has 76 valence electrons. The summed E-state index contributed by atoms with van der Waals surface area (Å²) in [4.78, 5) is 11.6. The van der Waals surface area contributed by atoms with E-state index in [9.17, 15) is 9.90 Å². The summed E-state index contributed by atoms with van der Waals surface area (Å²) in [6, 6.07) is 2.63. The van der Waals surface area contributed by atoms with Gasteiger partial charge in [-0.3, -0.25) is 0 Å². The number of rotatable bonds is 2. The molecule has 0 aliphatic carbocycles. The predicted octanol–water partition coefficient (Wildman–Crippen LogP) is 2.92. The molecule has 1 rings (SSSR count). The molecule has 1 aromatic rings. The second-order valence-corrected chi connectivity index (χ2v) is 3.65. The SMILES string of the molecule is O=C(OI)c1cc(O)cc(S)c1OI. The van der Waals surface area contributed by atoms with Crippen LogP contribution >= 0.6 is 58.6 Å². The highest BCUT2D eigenvalue weighted by Gasteiger charge is 2.17. The molecule has 0 aliphatic rings. The van der Waals surface area contributed by atoms with Gasteiger partial charge in [-0.2, -0.15) is 0 Å². The zero-order valence-corrected chi connectivity index (χ0v) is 11.7. The number of hydrogen-bond donors (Lipinski definition) is 2. The topological polar surface area (TPSA) is 55.8 Å². The van der Waals surface area contributed by atoms with Crippen LogP contribution in [0.2, 0.25) is 0 Å². The van der Waals surface area contributed by atoms with E-state index >= 15 is 0 Å². The molecule has 0 fully saturated rings. The Morgan fingerprint density at radius 1 is 1.43 bits per heavy atom. The molecule has 0 bridgehead atoms. The third-order valence-electron chi connectivity index (χ3n) is 1.42. The van der Waals surface area contributed by atoms with Crippen LogP contribution < -0.4 is 3.07 Å². The first-order valence-corrected chi connectivity index (χ1v) is 5.48. The summed E-state index contributed by atoms with van der Waals surface area (Å²) >= 11 is 7.14. The fourth-order valence-corrected chi connectivity index (χ4v) is 2.06. The van der Waals surface area contributed by atoms with Crippen LogP contribution in [0.1, 0.15) is 10.4 Å². The van der Waals surface area contributed by atoms with E-state index in [-0.39, 0.29) is 17.1 Å². The van der Waals surface area contributed by atoms with E-state index in [1.807, 2.05) is 0 Å². The zero-order valence-electron chi connectivity index (χ0n) is 6.53. The van der Waals surface area contributed by atoms with Gasteiger partial charge in [-0.05, 0) is 12.1 Å². The minimum atomic E-state index is -0.594. The maximum atomic E-state index is 11.2. The quantitative estimate of drug-likeness (QED) is 0.551. The Kier molecular flexibility index (Phi) is 4.57. The van der Waals surface area contributed by atoms with Crippen molar-refractivity contribution in [3.63, 3.8) is 0 Å². The average Bonchev–Trinajstić information content (AvgIpc) is 2.15. The largest absolute Gasteiger partial charge is 0.508 e. The number of phenols is 1. The molecule has 0 heterocycles. The molecule has 14 heavy (non-hydrogen) atoms. The van der Waals surface area contributed by atoms with Crippen LogP contribution in [-0.2, 0) is 3.07 Å². The monoisotopic (exact) mass is 438 g/mol. The number of carbonyl (C=O) groups is 1. The van der Waals surface area contributed by atoms with E-state index in [2.05, 4.69) is 15.7 Å². The average molecular weight is 438 g/mol. The first kappa shape index (κ1) is 12.2. The van der Waals surface area contributed by atoms with Gasteiger partial charge in [0.2, 0.25) is 0 Å². The maximum Gasteiger partial charge on any atom is 0.351 e. The van der Waals surface area contributed by atoms with Crippen molar-refractivity contribution in [2.45, 2.75) is 4.90 Å². The summed E-state index contributed by atoms with van der Waals surface area (Å²) in [5.41, 5.74) is 0.138. The lowest BCUT2D eigenvalue weighted by molar-refractivity contribution is 0.0798. The molecule has 4 nitrogen and oxygen atoms in total. The van der Waals surface area contributed by atoms with Crippen molar-refractivity contribution in [3.8, 4) is 11.5 Å². The van der Waals surface area contributed by atoms with Gasteiger partial charge in [0.25, 0.3) is 0 Å². The minimum absolute atomic E-state index is 0.0657. The molecule has 0 spiro atoms. The Bertz CT molecular complexity index is 369. The maximum absolute atomic E-state index is 11.2. The van der Waals surface area contributed by atoms with Gasteiger partial charge in [0.1, 0.15) is 11.3 Å². The molecule has 0 radical (unpaired) electrons. The molecule has 1 N–H and O–H groups in total. The van der Waals surface area contributed by atoms with Crippen molar-refractivity contribution in [2.75, 3.05) is 0 Å². The molecule has 0 unspecified atom stereocenters. The molecule has 0 aromatic heterocycles. The molecule has 0 aliphatic heterocycles. The van der Waals surface area contributed by atoms with Gasteiger partial charge in [0.05, 0.1) is 4.90 Å². The summed E-state index contributed by atoms with van der Waals surface area (Å²) in [5.74, 6) is -0.388. The second-order valence-electron chi connectivity index (χ2n) is 2.28. The fourth-order valence-electron chi connectivity index (χ4n) is 0.873. The molecule has 0 saturated heterocycles. The van der Waals surface area contributed by atoms with Crippen LogP contribution in [0, 0.1) is 0 Å². The summed E-state index contributed by atoms with van der Waals surface area (Å²) in [6.07, 6.45) is 0. The van der Waals surface area contributed by atoms with E-state index in [1.165, 1.54) is 35.1 Å². The van der Waals surface area contributed by atoms with Crippen molar-refractivity contribution in [1.82, 2.24) is 0 Å². The van der Waals surface area contributed by atoms with Gasteiger partial charge in [-0.1, -0.05) is 0 Å². The van der Waals surface area contributed by atoms with E-state index in [1.54, 1.807) is 23.0 Å². The normalized spacial score (nSPS) is 9.64. The zero-order chi connectivity index (χ0) is 10.7. The molecule has 1 aromatic carbocycles. The van der Waals surface area contributed by atoms with E-state index in [0.29, 0.717) is 4.90 Å². The third kappa shape index (κ3) is 2.57. The number of hydrogen-bond acceptors (Lipinski definition) is 5. The van der Waals surface area contributed by atoms with Gasteiger partial charge in [0.15, 0.2) is 51.8 Å². The van der Waals surface area contributed by atoms with Crippen molar-refractivity contribution in [2.24, 2.45) is 0 Å². The van der Waals surface area contributed by atoms with E-state index in [4.69, 9.17) is 3.07 Å². The number of halogens is 2. The summed E-state index contributed by atoms with van der Waals surface area (Å²) in [5, 5.41) is 9.24. The Balaban J connectivity index is 3.32. The number of benzene rings is 1. The highest BCUT2D eigenvalue weighted by molar-refractivity contribution is 14.1. The molecule has 0 saturated carbocycles. The molecule has 0 amide bonds. The van der Waals surface area contributed by atoms with Crippen LogP contribution in [0.3, 0.4) is 0 Å². The predicted molar refractivity (Wildman–Crippen MR) is 69.4 cm³/mol. The number of aromatic hydroxyl groups is 1. The molecule has 0 atom stereocenters. The van der Waals surface area contributed by atoms with Gasteiger partial charge < -0.3 is 11.2 Å². The lowest BCUT2D eigenvalue weighted by atomic mass is 10.2. The highest BCUT2D eigenvalue weighted by atomic mass is 127. The Hall–Kier alpha value is 0.1000. The highest BCUT2D eigenvalue weighted by Crippen LogP contribution is 2.33. The van der Waals surface area contributed by atoms with Gasteiger partial charge >= 0.3 is 5.97 Å². The smallest absolute Gasteiger partial charge is 0.351 e. The van der Waals surface area contributed by atoms with Crippen LogP contribution in [0.15, 0.2) is 17.0 Å². The van der Waals surface area contributed by atoms with Gasteiger partial charge in [0, 0.05) is 0 Å². The first-order chi connectivity index (χ1) is 6.60. The first-order valence-electron chi connectivity index (χ1n) is 3.27. The van der Waals surface area contributed by atoms with E-state index in [0.717, 1.165) is 0 Å². The minimum Gasteiger partial charge on any atom is -0.508 e. The third-order valence-corrected chi connectivity index (χ3v) is 2.59. The summed E-state index contributed by atoms with van der Waals surface area (Å²) in [6.45, 7) is 0. The van der Waals surface area contributed by atoms with Crippen LogP contribution in [0.5, 0.6) is 11.5 Å². The van der Waals surface area contributed by atoms with Crippen LogP contribution in [0.25, 0.3) is 0 Å². The van der Waals surface area contributed by atoms with Crippen molar-refractivity contribution >= 4 is 64.6 Å². The number of phenolic OH excluding ortho intramolecular Hbond substituents is 1. The van der Waals surface area contributed by atoms with E-state index < -0.39 is 5.97 Å². The van der Waals surface area contributed by atoms with Gasteiger partial charge in [-0.15, -0.1) is 12.6 Å². The molecular weight excluding hydrogens is 434 g/mol. The Labute approximate surface area is 114 Å². The Morgan fingerprint density at radius 3 is 2.57 bits per heavy atom. The number of carbonyl (C=O) groups excluding carboxylic acids is 1. The van der Waals surface area contributed by atoms with Crippen LogP contribution in [-0.4, -0.2) is 11.1 Å². The number of thiol groups is 1. The van der Waals surface area contributed by atoms with Gasteiger partial charge in [-0.25, -0.2) is 4.79 Å². The molecular formula is C7H4I2O4S. The standard InChI is InChI=1S/C7H4I2O4S/c8-12-6-4(7(11)13-9)1-3(10)2-5(6)14/h1-2,10,14H.